The molecule has 2 heterocycles. The average molecular weight is 426 g/mol. The van der Waals surface area contributed by atoms with E-state index in [1.807, 2.05) is 34.9 Å². The highest BCUT2D eigenvalue weighted by Crippen LogP contribution is 2.23. The van der Waals surface area contributed by atoms with E-state index in [0.717, 1.165) is 36.7 Å². The normalized spacial score (nSPS) is 14.2. The highest BCUT2D eigenvalue weighted by Gasteiger charge is 2.20. The van der Waals surface area contributed by atoms with E-state index in [2.05, 4.69) is 20.4 Å². The quantitative estimate of drug-likeness (QED) is 0.561. The molecule has 1 fully saturated rings. The van der Waals surface area contributed by atoms with Crippen molar-refractivity contribution in [1.29, 1.82) is 0 Å². The molecule has 0 aliphatic carbocycles. The van der Waals surface area contributed by atoms with Crippen molar-refractivity contribution in [3.8, 4) is 5.69 Å². The van der Waals surface area contributed by atoms with Gasteiger partial charge in [0.1, 0.15) is 5.82 Å². The van der Waals surface area contributed by atoms with Crippen LogP contribution in [0.1, 0.15) is 24.2 Å². The van der Waals surface area contributed by atoms with Gasteiger partial charge < -0.3 is 5.32 Å². The highest BCUT2D eigenvalue weighted by atomic mass is 32.2. The number of carbonyl (C=O) groups is 1. The molecule has 1 aliphatic rings. The number of rotatable bonds is 8. The zero-order valence-corrected chi connectivity index (χ0v) is 17.4. The second kappa shape index (κ2) is 9.86. The summed E-state index contributed by atoms with van der Waals surface area (Å²) < 4.78 is 15.0. The third-order valence-electron chi connectivity index (χ3n) is 5.01. The molecule has 30 heavy (non-hydrogen) atoms. The van der Waals surface area contributed by atoms with E-state index in [4.69, 9.17) is 0 Å². The van der Waals surface area contributed by atoms with E-state index in [-0.39, 0.29) is 17.5 Å². The van der Waals surface area contributed by atoms with Crippen LogP contribution >= 0.6 is 11.8 Å². The second-order valence-electron chi connectivity index (χ2n) is 7.24. The van der Waals surface area contributed by atoms with Crippen LogP contribution in [0.3, 0.4) is 0 Å². The van der Waals surface area contributed by atoms with Gasteiger partial charge in [-0.2, -0.15) is 0 Å². The molecule has 2 aromatic carbocycles. The molecule has 0 spiro atoms. The lowest BCUT2D eigenvalue weighted by molar-refractivity contribution is -0.118. The van der Waals surface area contributed by atoms with E-state index in [1.54, 1.807) is 12.1 Å². The number of likely N-dealkylation sites (tertiary alicyclic amines) is 1. The van der Waals surface area contributed by atoms with Crippen molar-refractivity contribution in [2.24, 2.45) is 0 Å². The van der Waals surface area contributed by atoms with Crippen LogP contribution in [0.15, 0.2) is 59.8 Å². The van der Waals surface area contributed by atoms with Crippen molar-refractivity contribution in [3.63, 3.8) is 0 Å². The summed E-state index contributed by atoms with van der Waals surface area (Å²) in [5.41, 5.74) is 1.85. The summed E-state index contributed by atoms with van der Waals surface area (Å²) in [7, 11) is 0. The molecule has 1 aromatic heterocycles. The van der Waals surface area contributed by atoms with Gasteiger partial charge in [-0.05, 0) is 55.8 Å². The first-order valence-corrected chi connectivity index (χ1v) is 11.0. The molecule has 0 atom stereocenters. The zero-order chi connectivity index (χ0) is 20.8. The summed E-state index contributed by atoms with van der Waals surface area (Å²) in [5.74, 6) is 0.728. The number of nitrogens with one attached hydrogen (secondary N) is 1. The molecule has 1 aliphatic heterocycles. The van der Waals surface area contributed by atoms with Crippen molar-refractivity contribution in [3.05, 3.63) is 71.8 Å². The molecular formula is C22H24FN5OS. The fourth-order valence-corrected chi connectivity index (χ4v) is 4.26. The van der Waals surface area contributed by atoms with E-state index in [0.29, 0.717) is 11.7 Å². The summed E-state index contributed by atoms with van der Waals surface area (Å²) in [6.45, 7) is 3.27. The van der Waals surface area contributed by atoms with Crippen LogP contribution < -0.4 is 5.32 Å². The van der Waals surface area contributed by atoms with Crippen molar-refractivity contribution in [1.82, 2.24) is 25.0 Å². The standard InChI is InChI=1S/C22H24FN5OS/c23-18-10-8-17(9-11-18)14-24-21(29)16-30-22-26-25-20(15-27-12-4-5-13-27)28(22)19-6-2-1-3-7-19/h1-3,6-11H,4-5,12-16H2,(H,24,29). The molecule has 3 aromatic rings. The van der Waals surface area contributed by atoms with Crippen molar-refractivity contribution >= 4 is 17.7 Å². The van der Waals surface area contributed by atoms with Gasteiger partial charge in [-0.3, -0.25) is 14.3 Å². The van der Waals surface area contributed by atoms with E-state index in [9.17, 15) is 9.18 Å². The van der Waals surface area contributed by atoms with Crippen LogP contribution in [-0.4, -0.2) is 44.4 Å². The number of benzene rings is 2. The summed E-state index contributed by atoms with van der Waals surface area (Å²) in [5, 5.41) is 12.3. The van der Waals surface area contributed by atoms with Crippen LogP contribution in [0.4, 0.5) is 4.39 Å². The number of aromatic nitrogens is 3. The minimum atomic E-state index is -0.286. The number of nitrogens with zero attached hydrogens (tertiary/aromatic N) is 4. The Balaban J connectivity index is 1.42. The number of hydrogen-bond acceptors (Lipinski definition) is 5. The predicted octanol–water partition coefficient (Wildman–Crippen LogP) is 3.41. The van der Waals surface area contributed by atoms with Gasteiger partial charge in [-0.25, -0.2) is 4.39 Å². The van der Waals surface area contributed by atoms with E-state index in [1.165, 1.54) is 36.7 Å². The Bertz CT molecular complexity index is 971. The Labute approximate surface area is 179 Å². The predicted molar refractivity (Wildman–Crippen MR) is 115 cm³/mol. The molecule has 6 nitrogen and oxygen atoms in total. The van der Waals surface area contributed by atoms with Crippen LogP contribution in [0, 0.1) is 5.82 Å². The lowest BCUT2D eigenvalue weighted by Crippen LogP contribution is -2.24. The summed E-state index contributed by atoms with van der Waals surface area (Å²) in [6.07, 6.45) is 2.44. The Hall–Kier alpha value is -2.71. The Kier molecular flexibility index (Phi) is 6.76. The molecule has 0 saturated carbocycles. The van der Waals surface area contributed by atoms with Gasteiger partial charge in [0.15, 0.2) is 11.0 Å². The van der Waals surface area contributed by atoms with E-state index >= 15 is 0 Å². The fourth-order valence-electron chi connectivity index (χ4n) is 3.46. The first kappa shape index (κ1) is 20.6. The van der Waals surface area contributed by atoms with Gasteiger partial charge in [0, 0.05) is 12.2 Å². The maximum atomic E-state index is 13.0. The van der Waals surface area contributed by atoms with E-state index < -0.39 is 0 Å². The topological polar surface area (TPSA) is 63.1 Å². The molecule has 0 unspecified atom stereocenters. The van der Waals surface area contributed by atoms with Crippen LogP contribution in [0.5, 0.6) is 0 Å². The summed E-state index contributed by atoms with van der Waals surface area (Å²) in [4.78, 5) is 14.7. The Morgan fingerprint density at radius 2 is 1.77 bits per heavy atom. The maximum absolute atomic E-state index is 13.0. The lowest BCUT2D eigenvalue weighted by atomic mass is 10.2. The van der Waals surface area contributed by atoms with Gasteiger partial charge in [0.25, 0.3) is 0 Å². The molecular weight excluding hydrogens is 401 g/mol. The summed E-state index contributed by atoms with van der Waals surface area (Å²) >= 11 is 1.37. The van der Waals surface area contributed by atoms with Crippen LogP contribution in [0.25, 0.3) is 5.69 Å². The molecule has 1 amide bonds. The van der Waals surface area contributed by atoms with Crippen molar-refractivity contribution in [2.75, 3.05) is 18.8 Å². The Morgan fingerprint density at radius 1 is 1.03 bits per heavy atom. The van der Waals surface area contributed by atoms with Gasteiger partial charge >= 0.3 is 0 Å². The first-order valence-electron chi connectivity index (χ1n) is 10.0. The average Bonchev–Trinajstić information content (AvgIpc) is 3.43. The number of thioether (sulfide) groups is 1. The largest absolute Gasteiger partial charge is 0.351 e. The minimum Gasteiger partial charge on any atom is -0.351 e. The zero-order valence-electron chi connectivity index (χ0n) is 16.6. The second-order valence-corrected chi connectivity index (χ2v) is 8.19. The van der Waals surface area contributed by atoms with Gasteiger partial charge in [-0.1, -0.05) is 42.1 Å². The smallest absolute Gasteiger partial charge is 0.230 e. The molecule has 1 N–H and O–H groups in total. The van der Waals surface area contributed by atoms with Gasteiger partial charge in [0.2, 0.25) is 5.91 Å². The number of amides is 1. The van der Waals surface area contributed by atoms with Gasteiger partial charge in [-0.15, -0.1) is 10.2 Å². The molecule has 156 valence electrons. The fraction of sp³-hybridized carbons (Fsp3) is 0.318. The van der Waals surface area contributed by atoms with Crippen LogP contribution in [-0.2, 0) is 17.9 Å². The molecule has 0 radical (unpaired) electrons. The SMILES string of the molecule is O=C(CSc1nnc(CN2CCCC2)n1-c1ccccc1)NCc1ccc(F)cc1. The Morgan fingerprint density at radius 3 is 2.50 bits per heavy atom. The lowest BCUT2D eigenvalue weighted by Gasteiger charge is -2.16. The molecule has 8 heteroatoms. The summed E-state index contributed by atoms with van der Waals surface area (Å²) in [6, 6.07) is 16.1. The number of halogens is 1. The first-order chi connectivity index (χ1) is 14.7. The number of hydrogen-bond donors (Lipinski definition) is 1. The van der Waals surface area contributed by atoms with Crippen molar-refractivity contribution < 1.29 is 9.18 Å². The van der Waals surface area contributed by atoms with Gasteiger partial charge in [0.05, 0.1) is 12.3 Å². The monoisotopic (exact) mass is 425 g/mol. The molecule has 0 bridgehead atoms. The maximum Gasteiger partial charge on any atom is 0.230 e. The number of carbonyl (C=O) groups excluding carboxylic acids is 1. The number of para-hydroxylation sites is 1. The van der Waals surface area contributed by atoms with Crippen molar-refractivity contribution in [2.45, 2.75) is 31.1 Å². The third-order valence-corrected chi connectivity index (χ3v) is 5.94. The third kappa shape index (κ3) is 5.25. The molecule has 1 saturated heterocycles. The minimum absolute atomic E-state index is 0.104. The van der Waals surface area contributed by atoms with Crippen LogP contribution in [0.2, 0.25) is 0 Å². The molecule has 4 rings (SSSR count). The highest BCUT2D eigenvalue weighted by molar-refractivity contribution is 7.99.